The number of sulfonamides is 1. The largest absolute Gasteiger partial charge is 0.478 e. The van der Waals surface area contributed by atoms with Gasteiger partial charge in [-0.2, -0.15) is 0 Å². The van der Waals surface area contributed by atoms with Crippen LogP contribution < -0.4 is 4.72 Å². The molecule has 7 nitrogen and oxygen atoms in total. The topological polar surface area (TPSA) is 118 Å². The van der Waals surface area contributed by atoms with Crippen molar-refractivity contribution in [2.75, 3.05) is 11.5 Å². The van der Waals surface area contributed by atoms with Crippen molar-refractivity contribution in [2.45, 2.75) is 24.3 Å². The summed E-state index contributed by atoms with van der Waals surface area (Å²) in [5.74, 6) is -1.51. The fourth-order valence-corrected chi connectivity index (χ4v) is 5.51. The summed E-state index contributed by atoms with van der Waals surface area (Å²) in [5.41, 5.74) is 0.258. The second kappa shape index (κ2) is 5.39. The molecular formula is C12H15NO6S2. The normalized spacial score (nSPS) is 21.3. The van der Waals surface area contributed by atoms with E-state index in [4.69, 9.17) is 5.11 Å². The molecular weight excluding hydrogens is 318 g/mol. The van der Waals surface area contributed by atoms with Crippen LogP contribution in [0.2, 0.25) is 0 Å². The highest BCUT2D eigenvalue weighted by Crippen LogP contribution is 2.20. The highest BCUT2D eigenvalue weighted by Gasteiger charge is 2.32. The summed E-state index contributed by atoms with van der Waals surface area (Å²) >= 11 is 0. The third kappa shape index (κ3) is 3.60. The van der Waals surface area contributed by atoms with Gasteiger partial charge in [0.15, 0.2) is 9.84 Å². The highest BCUT2D eigenvalue weighted by atomic mass is 32.2. The number of hydrogen-bond acceptors (Lipinski definition) is 5. The highest BCUT2D eigenvalue weighted by molar-refractivity contribution is 7.92. The number of rotatable bonds is 4. The van der Waals surface area contributed by atoms with Gasteiger partial charge in [0, 0.05) is 6.04 Å². The Morgan fingerprint density at radius 2 is 2.05 bits per heavy atom. The Labute approximate surface area is 123 Å². The predicted octanol–water partition coefficient (Wildman–Crippen LogP) is 0.159. The molecule has 21 heavy (non-hydrogen) atoms. The van der Waals surface area contributed by atoms with Crippen molar-refractivity contribution < 1.29 is 26.7 Å². The van der Waals surface area contributed by atoms with E-state index in [1.807, 2.05) is 0 Å². The molecule has 1 aromatic rings. The average Bonchev–Trinajstić information content (AvgIpc) is 2.67. The maximum absolute atomic E-state index is 12.3. The van der Waals surface area contributed by atoms with Gasteiger partial charge in [-0.3, -0.25) is 0 Å². The summed E-state index contributed by atoms with van der Waals surface area (Å²) in [6, 6.07) is 3.12. The van der Waals surface area contributed by atoms with Gasteiger partial charge in [0.05, 0.1) is 22.0 Å². The Balaban J connectivity index is 2.32. The number of sulfone groups is 1. The molecule has 1 aromatic carbocycles. The summed E-state index contributed by atoms with van der Waals surface area (Å²) in [4.78, 5) is 10.8. The van der Waals surface area contributed by atoms with Gasteiger partial charge in [-0.1, -0.05) is 6.07 Å². The number of benzene rings is 1. The first-order valence-corrected chi connectivity index (χ1v) is 9.48. The summed E-state index contributed by atoms with van der Waals surface area (Å²) in [6.07, 6.45) is 0.221. The van der Waals surface area contributed by atoms with Gasteiger partial charge in [0.25, 0.3) is 0 Å². The molecule has 0 aliphatic carbocycles. The van der Waals surface area contributed by atoms with Crippen LogP contribution in [0, 0.1) is 6.92 Å². The van der Waals surface area contributed by atoms with Crippen LogP contribution >= 0.6 is 0 Å². The molecule has 1 atom stereocenters. The lowest BCUT2D eigenvalue weighted by Crippen LogP contribution is -2.36. The van der Waals surface area contributed by atoms with E-state index in [1.54, 1.807) is 6.92 Å². The van der Waals surface area contributed by atoms with Gasteiger partial charge in [-0.05, 0) is 31.0 Å². The van der Waals surface area contributed by atoms with Crippen LogP contribution in [0.3, 0.4) is 0 Å². The van der Waals surface area contributed by atoms with Crippen molar-refractivity contribution in [1.29, 1.82) is 0 Å². The Morgan fingerprint density at radius 3 is 2.57 bits per heavy atom. The lowest BCUT2D eigenvalue weighted by Gasteiger charge is -2.13. The van der Waals surface area contributed by atoms with Gasteiger partial charge in [-0.15, -0.1) is 0 Å². The molecule has 116 valence electrons. The molecule has 2 N–H and O–H groups in total. The summed E-state index contributed by atoms with van der Waals surface area (Å²) in [6.45, 7) is 1.55. The Kier molecular flexibility index (Phi) is 4.09. The summed E-state index contributed by atoms with van der Waals surface area (Å²) in [7, 11) is -7.16. The van der Waals surface area contributed by atoms with Crippen molar-refractivity contribution in [3.63, 3.8) is 0 Å². The van der Waals surface area contributed by atoms with Crippen molar-refractivity contribution in [2.24, 2.45) is 0 Å². The molecule has 0 amide bonds. The van der Waals surface area contributed by atoms with Gasteiger partial charge >= 0.3 is 5.97 Å². The van der Waals surface area contributed by atoms with Gasteiger partial charge in [0.2, 0.25) is 10.0 Å². The van der Waals surface area contributed by atoms with Gasteiger partial charge < -0.3 is 5.11 Å². The standard InChI is InChI=1S/C12H15NO6S2/c1-8-2-3-9(12(14)15)6-11(8)21(18,19)13-10-4-5-20(16,17)7-10/h2-3,6,10,13H,4-5,7H2,1H3,(H,14,15)/t10-/m0/s1. The van der Waals surface area contributed by atoms with E-state index in [9.17, 15) is 21.6 Å². The van der Waals surface area contributed by atoms with E-state index in [-0.39, 0.29) is 28.4 Å². The third-order valence-corrected chi connectivity index (χ3v) is 6.71. The van der Waals surface area contributed by atoms with E-state index in [0.717, 1.165) is 6.07 Å². The molecule has 0 radical (unpaired) electrons. The zero-order chi connectivity index (χ0) is 15.8. The van der Waals surface area contributed by atoms with Crippen molar-refractivity contribution in [1.82, 2.24) is 4.72 Å². The molecule has 0 bridgehead atoms. The molecule has 9 heteroatoms. The minimum absolute atomic E-state index is 0.0473. The predicted molar refractivity (Wildman–Crippen MR) is 75.5 cm³/mol. The van der Waals surface area contributed by atoms with Crippen LogP contribution in [0.25, 0.3) is 0 Å². The molecule has 0 saturated carbocycles. The van der Waals surface area contributed by atoms with Crippen molar-refractivity contribution >= 4 is 25.8 Å². The number of carbonyl (C=O) groups is 1. The summed E-state index contributed by atoms with van der Waals surface area (Å²) in [5, 5.41) is 8.92. The molecule has 0 spiro atoms. The maximum atomic E-state index is 12.3. The first kappa shape index (κ1) is 15.9. The van der Waals surface area contributed by atoms with Crippen LogP contribution in [0.5, 0.6) is 0 Å². The smallest absolute Gasteiger partial charge is 0.335 e. The molecule has 1 heterocycles. The Hall–Kier alpha value is -1.45. The molecule has 1 saturated heterocycles. The van der Waals surface area contributed by atoms with Crippen LogP contribution in [-0.2, 0) is 19.9 Å². The van der Waals surface area contributed by atoms with Crippen LogP contribution in [0.1, 0.15) is 22.3 Å². The molecule has 0 aromatic heterocycles. The van der Waals surface area contributed by atoms with Crippen LogP contribution in [0.15, 0.2) is 23.1 Å². The van der Waals surface area contributed by atoms with E-state index in [2.05, 4.69) is 4.72 Å². The van der Waals surface area contributed by atoms with Crippen molar-refractivity contribution in [3.8, 4) is 0 Å². The van der Waals surface area contributed by atoms with E-state index >= 15 is 0 Å². The van der Waals surface area contributed by atoms with Crippen LogP contribution in [-0.4, -0.2) is 45.5 Å². The van der Waals surface area contributed by atoms with Gasteiger partial charge in [-0.25, -0.2) is 26.4 Å². The van der Waals surface area contributed by atoms with Crippen molar-refractivity contribution in [3.05, 3.63) is 29.3 Å². The zero-order valence-electron chi connectivity index (χ0n) is 11.2. The zero-order valence-corrected chi connectivity index (χ0v) is 12.9. The quantitative estimate of drug-likeness (QED) is 0.810. The minimum Gasteiger partial charge on any atom is -0.478 e. The molecule has 1 aliphatic rings. The molecule has 1 aliphatic heterocycles. The number of carboxylic acid groups (broad SMARTS) is 1. The Morgan fingerprint density at radius 1 is 1.38 bits per heavy atom. The number of nitrogens with one attached hydrogen (secondary N) is 1. The lowest BCUT2D eigenvalue weighted by molar-refractivity contribution is 0.0696. The third-order valence-electron chi connectivity index (χ3n) is 3.28. The van der Waals surface area contributed by atoms with Gasteiger partial charge in [0.1, 0.15) is 0 Å². The van der Waals surface area contributed by atoms with Crippen LogP contribution in [0.4, 0.5) is 0 Å². The second-order valence-corrected chi connectivity index (χ2v) is 8.92. The Bertz CT molecular complexity index is 782. The number of hydrogen-bond donors (Lipinski definition) is 2. The lowest BCUT2D eigenvalue weighted by atomic mass is 10.1. The maximum Gasteiger partial charge on any atom is 0.335 e. The van der Waals surface area contributed by atoms with E-state index in [1.165, 1.54) is 12.1 Å². The average molecular weight is 333 g/mol. The second-order valence-electron chi connectivity index (χ2n) is 5.01. The number of aryl methyl sites for hydroxylation is 1. The van der Waals surface area contributed by atoms with E-state index in [0.29, 0.717) is 5.56 Å². The minimum atomic E-state index is -3.96. The first-order valence-electron chi connectivity index (χ1n) is 6.17. The number of aromatic carboxylic acids is 1. The fraction of sp³-hybridized carbons (Fsp3) is 0.417. The van der Waals surface area contributed by atoms with E-state index < -0.39 is 31.9 Å². The fourth-order valence-electron chi connectivity index (χ4n) is 2.19. The molecule has 2 rings (SSSR count). The molecule has 0 unspecified atom stereocenters. The summed E-state index contributed by atoms with van der Waals surface area (Å²) < 4.78 is 49.6. The first-order chi connectivity index (χ1) is 9.61. The number of carboxylic acids is 1. The monoisotopic (exact) mass is 333 g/mol. The SMILES string of the molecule is Cc1ccc(C(=O)O)cc1S(=O)(=O)N[C@H]1CCS(=O)(=O)C1. The molecule has 1 fully saturated rings.